The van der Waals surface area contributed by atoms with Crippen molar-refractivity contribution >= 4 is 23.1 Å². The fourth-order valence-corrected chi connectivity index (χ4v) is 2.95. The van der Waals surface area contributed by atoms with Gasteiger partial charge in [-0.3, -0.25) is 19.7 Å². The van der Waals surface area contributed by atoms with Crippen LogP contribution >= 0.6 is 0 Å². The monoisotopic (exact) mass is 338 g/mol. The summed E-state index contributed by atoms with van der Waals surface area (Å²) in [5, 5.41) is 21.9. The van der Waals surface area contributed by atoms with Crippen LogP contribution in [-0.2, 0) is 9.59 Å². The Morgan fingerprint density at radius 2 is 1.68 bits per heavy atom. The topological polar surface area (TPSA) is 101 Å². The van der Waals surface area contributed by atoms with E-state index in [9.17, 15) is 24.8 Å². The molecule has 1 N–H and O–H groups in total. The molecule has 126 valence electrons. The molecule has 1 heterocycles. The van der Waals surface area contributed by atoms with E-state index in [0.717, 1.165) is 4.90 Å². The first-order chi connectivity index (χ1) is 11.9. The lowest BCUT2D eigenvalue weighted by Gasteiger charge is -2.20. The molecule has 2 aromatic carbocycles. The third-order valence-corrected chi connectivity index (χ3v) is 4.15. The molecule has 2 aromatic rings. The van der Waals surface area contributed by atoms with Gasteiger partial charge in [0.2, 0.25) is 0 Å². The van der Waals surface area contributed by atoms with Gasteiger partial charge in [-0.05, 0) is 6.07 Å². The number of carbonyl (C=O) groups excluding carboxylic acids is 2. The van der Waals surface area contributed by atoms with Crippen molar-refractivity contribution in [2.75, 3.05) is 7.05 Å². The summed E-state index contributed by atoms with van der Waals surface area (Å²) in [6.45, 7) is 0. The summed E-state index contributed by atoms with van der Waals surface area (Å²) in [6, 6.07) is 13.1. The lowest BCUT2D eigenvalue weighted by Crippen LogP contribution is -2.25. The van der Waals surface area contributed by atoms with Gasteiger partial charge in [-0.1, -0.05) is 42.5 Å². The second kappa shape index (κ2) is 6.20. The van der Waals surface area contributed by atoms with Gasteiger partial charge >= 0.3 is 0 Å². The van der Waals surface area contributed by atoms with Crippen molar-refractivity contribution in [3.8, 4) is 0 Å². The number of nitro benzene ring substituents is 1. The van der Waals surface area contributed by atoms with E-state index in [1.165, 1.54) is 25.2 Å². The molecule has 0 aliphatic carbocycles. The smallest absolute Gasteiger partial charge is 0.295 e. The summed E-state index contributed by atoms with van der Waals surface area (Å²) >= 11 is 0. The predicted molar refractivity (Wildman–Crippen MR) is 89.6 cm³/mol. The number of likely N-dealkylation sites (tertiary alicyclic amines) is 1. The first-order valence-corrected chi connectivity index (χ1v) is 7.47. The highest BCUT2D eigenvalue weighted by Crippen LogP contribution is 2.41. The normalized spacial score (nSPS) is 19.2. The second-order valence-corrected chi connectivity index (χ2v) is 5.59. The first-order valence-electron chi connectivity index (χ1n) is 7.47. The summed E-state index contributed by atoms with van der Waals surface area (Å²) < 4.78 is 0. The number of likely N-dealkylation sites (N-methyl/N-ethyl adjacent to an activating group) is 1. The van der Waals surface area contributed by atoms with Crippen LogP contribution in [0.15, 0.2) is 60.2 Å². The molecular formula is C18H14N2O5. The van der Waals surface area contributed by atoms with E-state index in [-0.39, 0.29) is 22.6 Å². The predicted octanol–water partition coefficient (Wildman–Crippen LogP) is 2.65. The summed E-state index contributed by atoms with van der Waals surface area (Å²) in [7, 11) is 1.38. The number of amides is 1. The fraction of sp³-hybridized carbons (Fsp3) is 0.111. The highest BCUT2D eigenvalue weighted by atomic mass is 16.6. The van der Waals surface area contributed by atoms with Crippen LogP contribution in [0, 0.1) is 10.1 Å². The number of aliphatic hydroxyl groups excluding tert-OH is 1. The number of nitrogens with zero attached hydrogens (tertiary/aromatic N) is 2. The van der Waals surface area contributed by atoms with Crippen LogP contribution in [0.2, 0.25) is 0 Å². The first kappa shape index (κ1) is 16.4. The molecule has 1 saturated heterocycles. The van der Waals surface area contributed by atoms with Crippen LogP contribution in [0.1, 0.15) is 17.2 Å². The van der Waals surface area contributed by atoms with Gasteiger partial charge in [-0.25, -0.2) is 0 Å². The van der Waals surface area contributed by atoms with Gasteiger partial charge in [0.25, 0.3) is 17.4 Å². The van der Waals surface area contributed by atoms with E-state index < -0.39 is 22.7 Å². The number of nitro groups is 1. The Morgan fingerprint density at radius 1 is 1.08 bits per heavy atom. The number of hydrogen-bond donors (Lipinski definition) is 1. The molecule has 1 atom stereocenters. The highest BCUT2D eigenvalue weighted by Gasteiger charge is 2.46. The molecule has 3 rings (SSSR count). The third-order valence-electron chi connectivity index (χ3n) is 4.15. The minimum Gasteiger partial charge on any atom is -0.507 e. The van der Waals surface area contributed by atoms with Crippen LogP contribution in [0.4, 0.5) is 5.69 Å². The maximum Gasteiger partial charge on any atom is 0.295 e. The molecule has 0 aromatic heterocycles. The number of benzene rings is 2. The zero-order valence-electron chi connectivity index (χ0n) is 13.2. The third kappa shape index (κ3) is 2.65. The quantitative estimate of drug-likeness (QED) is 0.305. The molecule has 7 heteroatoms. The van der Waals surface area contributed by atoms with Gasteiger partial charge in [0, 0.05) is 18.7 Å². The molecule has 0 unspecified atom stereocenters. The van der Waals surface area contributed by atoms with Crippen molar-refractivity contribution in [1.82, 2.24) is 4.90 Å². The minimum absolute atomic E-state index is 0.159. The molecule has 25 heavy (non-hydrogen) atoms. The minimum atomic E-state index is -1.03. The molecule has 0 saturated carbocycles. The van der Waals surface area contributed by atoms with Gasteiger partial charge in [-0.2, -0.15) is 0 Å². The van der Waals surface area contributed by atoms with Crippen LogP contribution < -0.4 is 0 Å². The van der Waals surface area contributed by atoms with E-state index in [1.807, 2.05) is 0 Å². The SMILES string of the molecule is CN1C(=O)C(=O)C(=C(O)c2ccccc2)[C@@H]1c1ccccc1[N+](=O)[O-]. The Bertz CT molecular complexity index is 905. The molecule has 0 radical (unpaired) electrons. The van der Waals surface area contributed by atoms with Crippen LogP contribution in [0.5, 0.6) is 0 Å². The number of hydrogen-bond acceptors (Lipinski definition) is 5. The van der Waals surface area contributed by atoms with Gasteiger partial charge in [0.05, 0.1) is 22.1 Å². The van der Waals surface area contributed by atoms with Crippen molar-refractivity contribution in [1.29, 1.82) is 0 Å². The van der Waals surface area contributed by atoms with Crippen molar-refractivity contribution < 1.29 is 19.6 Å². The van der Waals surface area contributed by atoms with Gasteiger partial charge in [0.15, 0.2) is 0 Å². The standard InChI is InChI=1S/C18H14N2O5/c1-19-15(12-9-5-6-10-13(12)20(24)25)14(17(22)18(19)23)16(21)11-7-3-2-4-8-11/h2-10,15,21H,1H3/t15-/m0/s1. The lowest BCUT2D eigenvalue weighted by molar-refractivity contribution is -0.385. The van der Waals surface area contributed by atoms with E-state index in [0.29, 0.717) is 5.56 Å². The van der Waals surface area contributed by atoms with E-state index >= 15 is 0 Å². The molecule has 1 aliphatic heterocycles. The van der Waals surface area contributed by atoms with Crippen molar-refractivity contribution in [3.05, 3.63) is 81.4 Å². The van der Waals surface area contributed by atoms with Gasteiger partial charge in [-0.15, -0.1) is 0 Å². The number of rotatable bonds is 3. The molecule has 1 aliphatic rings. The van der Waals surface area contributed by atoms with Crippen LogP contribution in [0.25, 0.3) is 5.76 Å². The van der Waals surface area contributed by atoms with Gasteiger partial charge < -0.3 is 10.0 Å². The maximum absolute atomic E-state index is 12.4. The average molecular weight is 338 g/mol. The Labute approximate surface area is 143 Å². The second-order valence-electron chi connectivity index (χ2n) is 5.59. The Hall–Kier alpha value is -3.48. The molecule has 7 nitrogen and oxygen atoms in total. The summed E-state index contributed by atoms with van der Waals surface area (Å²) in [4.78, 5) is 36.5. The van der Waals surface area contributed by atoms with Crippen molar-refractivity contribution in [3.63, 3.8) is 0 Å². The summed E-state index contributed by atoms with van der Waals surface area (Å²) in [6.07, 6.45) is 0. The Balaban J connectivity index is 2.25. The number of ketones is 1. The van der Waals surface area contributed by atoms with Crippen LogP contribution in [-0.4, -0.2) is 33.7 Å². The molecular weight excluding hydrogens is 324 g/mol. The molecule has 0 bridgehead atoms. The number of para-hydroxylation sites is 1. The zero-order valence-corrected chi connectivity index (χ0v) is 13.2. The average Bonchev–Trinajstić information content (AvgIpc) is 2.85. The number of carbonyl (C=O) groups is 2. The summed E-state index contributed by atoms with van der Waals surface area (Å²) in [5.41, 5.74) is 0.150. The number of aliphatic hydroxyl groups is 1. The maximum atomic E-state index is 12.4. The molecule has 0 spiro atoms. The Kier molecular flexibility index (Phi) is 4.06. The largest absolute Gasteiger partial charge is 0.507 e. The van der Waals surface area contributed by atoms with E-state index in [1.54, 1.807) is 36.4 Å². The van der Waals surface area contributed by atoms with E-state index in [4.69, 9.17) is 0 Å². The van der Waals surface area contributed by atoms with Crippen molar-refractivity contribution in [2.45, 2.75) is 6.04 Å². The lowest BCUT2D eigenvalue weighted by atomic mass is 9.94. The number of Topliss-reactive ketones (excluding diaryl/α,β-unsaturated/α-hetero) is 1. The summed E-state index contributed by atoms with van der Waals surface area (Å²) in [5.74, 6) is -2.04. The van der Waals surface area contributed by atoms with Crippen LogP contribution in [0.3, 0.4) is 0 Å². The fourth-order valence-electron chi connectivity index (χ4n) is 2.95. The van der Waals surface area contributed by atoms with Gasteiger partial charge in [0.1, 0.15) is 5.76 Å². The zero-order chi connectivity index (χ0) is 18.1. The van der Waals surface area contributed by atoms with Crippen molar-refractivity contribution in [2.24, 2.45) is 0 Å². The van der Waals surface area contributed by atoms with E-state index in [2.05, 4.69) is 0 Å². The molecule has 1 amide bonds. The Morgan fingerprint density at radius 3 is 2.32 bits per heavy atom. The highest BCUT2D eigenvalue weighted by molar-refractivity contribution is 6.46. The molecule has 1 fully saturated rings.